The van der Waals surface area contributed by atoms with Gasteiger partial charge in [-0.15, -0.1) is 0 Å². The van der Waals surface area contributed by atoms with Crippen molar-refractivity contribution < 1.29 is 13.9 Å². The van der Waals surface area contributed by atoms with E-state index < -0.39 is 11.2 Å². The van der Waals surface area contributed by atoms with E-state index in [0.29, 0.717) is 22.6 Å². The molecule has 146 valence electrons. The highest BCUT2D eigenvalue weighted by Gasteiger charge is 2.19. The van der Waals surface area contributed by atoms with Crippen LogP contribution < -0.4 is 20.7 Å². The minimum Gasteiger partial charge on any atom is -0.496 e. The van der Waals surface area contributed by atoms with E-state index in [2.05, 4.69) is 4.98 Å². The number of hydrogen-bond acceptors (Lipinski definition) is 6. The lowest BCUT2D eigenvalue weighted by molar-refractivity contribution is 0.415. The van der Waals surface area contributed by atoms with E-state index in [4.69, 9.17) is 25.5 Å². The number of nitrogens with zero attached hydrogens (tertiary/aromatic N) is 2. The molecule has 29 heavy (non-hydrogen) atoms. The first-order valence-corrected chi connectivity index (χ1v) is 8.97. The summed E-state index contributed by atoms with van der Waals surface area (Å²) < 4.78 is 17.5. The van der Waals surface area contributed by atoms with Crippen molar-refractivity contribution in [2.75, 3.05) is 7.11 Å². The van der Waals surface area contributed by atoms with Crippen molar-refractivity contribution in [1.82, 2.24) is 9.55 Å². The van der Waals surface area contributed by atoms with Crippen LogP contribution in [-0.4, -0.2) is 16.7 Å². The van der Waals surface area contributed by atoms with Crippen molar-refractivity contribution >= 4 is 22.6 Å². The number of para-hydroxylation sites is 1. The van der Waals surface area contributed by atoms with Crippen LogP contribution in [0.15, 0.2) is 68.6 Å². The molecule has 0 saturated heterocycles. The summed E-state index contributed by atoms with van der Waals surface area (Å²) in [7, 11) is 3.11. The predicted octanol–water partition coefficient (Wildman–Crippen LogP) is 4.01. The standard InChI is InChI=1S/C21H15ClN2O5/c1-24-18(14-5-3-4-6-15(14)27-2)19(22)23-20(21(24)26)28-13-9-7-12-8-10-17(25)29-16(12)11-13/h3-11H,1-2H3. The Morgan fingerprint density at radius 2 is 1.83 bits per heavy atom. The Kier molecular flexibility index (Phi) is 4.82. The Hall–Kier alpha value is -3.58. The van der Waals surface area contributed by atoms with Crippen LogP contribution in [0.2, 0.25) is 5.15 Å². The molecule has 0 aliphatic carbocycles. The summed E-state index contributed by atoms with van der Waals surface area (Å²) in [6.07, 6.45) is 0. The van der Waals surface area contributed by atoms with Crippen molar-refractivity contribution in [1.29, 1.82) is 0 Å². The van der Waals surface area contributed by atoms with Gasteiger partial charge in [0.25, 0.3) is 5.88 Å². The zero-order valence-corrected chi connectivity index (χ0v) is 16.3. The van der Waals surface area contributed by atoms with E-state index in [9.17, 15) is 9.59 Å². The van der Waals surface area contributed by atoms with Crippen molar-refractivity contribution in [3.63, 3.8) is 0 Å². The summed E-state index contributed by atoms with van der Waals surface area (Å²) in [5.41, 5.74) is 0.415. The lowest BCUT2D eigenvalue weighted by atomic mass is 10.1. The number of methoxy groups -OCH3 is 1. The number of ether oxygens (including phenoxy) is 2. The fourth-order valence-corrected chi connectivity index (χ4v) is 3.29. The summed E-state index contributed by atoms with van der Waals surface area (Å²) in [6, 6.07) is 15.0. The van der Waals surface area contributed by atoms with Crippen LogP contribution in [0.4, 0.5) is 0 Å². The average molecular weight is 411 g/mol. The molecule has 2 aromatic heterocycles. The monoisotopic (exact) mass is 410 g/mol. The highest BCUT2D eigenvalue weighted by Crippen LogP contribution is 2.33. The van der Waals surface area contributed by atoms with Gasteiger partial charge in [0.2, 0.25) is 0 Å². The zero-order valence-electron chi connectivity index (χ0n) is 15.5. The van der Waals surface area contributed by atoms with E-state index in [1.54, 1.807) is 37.4 Å². The number of rotatable bonds is 4. The zero-order chi connectivity index (χ0) is 20.5. The second kappa shape index (κ2) is 7.44. The molecule has 0 N–H and O–H groups in total. The molecule has 0 aliphatic heterocycles. The van der Waals surface area contributed by atoms with Crippen molar-refractivity contribution in [2.45, 2.75) is 0 Å². The molecule has 2 aromatic carbocycles. The SMILES string of the molecule is COc1ccccc1-c1c(Cl)nc(Oc2ccc3ccc(=O)oc3c2)c(=O)n1C. The first kappa shape index (κ1) is 18.8. The van der Waals surface area contributed by atoms with Crippen molar-refractivity contribution in [3.8, 4) is 28.6 Å². The topological polar surface area (TPSA) is 83.6 Å². The second-order valence-electron chi connectivity index (χ2n) is 6.18. The minimum atomic E-state index is -0.482. The maximum Gasteiger partial charge on any atom is 0.336 e. The highest BCUT2D eigenvalue weighted by atomic mass is 35.5. The van der Waals surface area contributed by atoms with Crippen LogP contribution in [0.5, 0.6) is 17.4 Å². The fraction of sp³-hybridized carbons (Fsp3) is 0.0952. The van der Waals surface area contributed by atoms with Gasteiger partial charge in [-0.1, -0.05) is 23.7 Å². The molecule has 0 aliphatic rings. The molecule has 0 unspecified atom stereocenters. The Morgan fingerprint density at radius 1 is 1.07 bits per heavy atom. The third-order valence-electron chi connectivity index (χ3n) is 4.39. The summed E-state index contributed by atoms with van der Waals surface area (Å²) in [5.74, 6) is 0.649. The highest BCUT2D eigenvalue weighted by molar-refractivity contribution is 6.32. The molecule has 0 saturated carbocycles. The third kappa shape index (κ3) is 3.48. The molecule has 0 atom stereocenters. The fourth-order valence-electron chi connectivity index (χ4n) is 2.99. The number of hydrogen-bond donors (Lipinski definition) is 0. The molecule has 4 aromatic rings. The van der Waals surface area contributed by atoms with Crippen LogP contribution >= 0.6 is 11.6 Å². The molecule has 0 bridgehead atoms. The summed E-state index contributed by atoms with van der Waals surface area (Å²) in [4.78, 5) is 28.4. The molecule has 0 fully saturated rings. The van der Waals surface area contributed by atoms with Gasteiger partial charge in [0.1, 0.15) is 17.1 Å². The van der Waals surface area contributed by atoms with Crippen LogP contribution in [-0.2, 0) is 7.05 Å². The van der Waals surface area contributed by atoms with E-state index in [0.717, 1.165) is 5.39 Å². The van der Waals surface area contributed by atoms with Gasteiger partial charge in [-0.25, -0.2) is 4.79 Å². The quantitative estimate of drug-likeness (QED) is 0.473. The molecular formula is C21H15ClN2O5. The van der Waals surface area contributed by atoms with Gasteiger partial charge in [-0.3, -0.25) is 4.79 Å². The first-order chi connectivity index (χ1) is 14.0. The van der Waals surface area contributed by atoms with E-state index in [-0.39, 0.29) is 16.8 Å². The van der Waals surface area contributed by atoms with Gasteiger partial charge >= 0.3 is 11.2 Å². The van der Waals surface area contributed by atoms with Gasteiger partial charge in [-0.2, -0.15) is 4.98 Å². The summed E-state index contributed by atoms with van der Waals surface area (Å²) >= 11 is 6.39. The largest absolute Gasteiger partial charge is 0.496 e. The number of benzene rings is 2. The second-order valence-corrected chi connectivity index (χ2v) is 6.53. The molecular weight excluding hydrogens is 396 g/mol. The van der Waals surface area contributed by atoms with Crippen LogP contribution in [0.25, 0.3) is 22.2 Å². The maximum atomic E-state index is 12.8. The number of fused-ring (bicyclic) bond motifs is 1. The molecule has 7 nitrogen and oxygen atoms in total. The average Bonchev–Trinajstić information content (AvgIpc) is 2.72. The van der Waals surface area contributed by atoms with Gasteiger partial charge < -0.3 is 18.5 Å². The third-order valence-corrected chi connectivity index (χ3v) is 4.65. The molecule has 4 rings (SSSR count). The molecule has 0 spiro atoms. The normalized spacial score (nSPS) is 10.9. The van der Waals surface area contributed by atoms with Crippen LogP contribution in [0.3, 0.4) is 0 Å². The first-order valence-electron chi connectivity index (χ1n) is 8.59. The van der Waals surface area contributed by atoms with Gasteiger partial charge in [0.15, 0.2) is 5.15 Å². The number of halogens is 1. The molecule has 0 radical (unpaired) electrons. The summed E-state index contributed by atoms with van der Waals surface area (Å²) in [6.45, 7) is 0. The molecule has 2 heterocycles. The predicted molar refractivity (Wildman–Crippen MR) is 109 cm³/mol. The van der Waals surface area contributed by atoms with Gasteiger partial charge in [0.05, 0.1) is 12.8 Å². The minimum absolute atomic E-state index is 0.0823. The van der Waals surface area contributed by atoms with Gasteiger partial charge in [0, 0.05) is 30.1 Å². The maximum absolute atomic E-state index is 12.8. The van der Waals surface area contributed by atoms with Crippen molar-refractivity contribution in [2.24, 2.45) is 7.05 Å². The van der Waals surface area contributed by atoms with E-state index in [1.165, 1.54) is 23.8 Å². The Labute approximate surface area is 169 Å². The molecule has 0 amide bonds. The van der Waals surface area contributed by atoms with E-state index >= 15 is 0 Å². The lowest BCUT2D eigenvalue weighted by Crippen LogP contribution is -2.22. The smallest absolute Gasteiger partial charge is 0.336 e. The van der Waals surface area contributed by atoms with Crippen LogP contribution in [0, 0.1) is 0 Å². The lowest BCUT2D eigenvalue weighted by Gasteiger charge is -2.14. The number of aromatic nitrogens is 2. The van der Waals surface area contributed by atoms with Gasteiger partial charge in [-0.05, 0) is 30.3 Å². The summed E-state index contributed by atoms with van der Waals surface area (Å²) in [5, 5.41) is 0.807. The van der Waals surface area contributed by atoms with Crippen LogP contribution in [0.1, 0.15) is 0 Å². The Balaban J connectivity index is 1.79. The Morgan fingerprint density at radius 3 is 2.62 bits per heavy atom. The van der Waals surface area contributed by atoms with E-state index in [1.807, 2.05) is 12.1 Å². The Bertz CT molecular complexity index is 1340. The van der Waals surface area contributed by atoms with Crippen molar-refractivity contribution in [3.05, 3.63) is 80.5 Å². The molecule has 8 heteroatoms.